The molecular weight excluding hydrogens is 2510 g/mol. The molecule has 2 aliphatic heterocycles. The fraction of sp³-hybridized carbons (Fsp3) is 0.0492. The Kier molecular flexibility index (Phi) is 27.6. The third-order valence-electron chi connectivity index (χ3n) is 26.0. The van der Waals surface area contributed by atoms with Crippen molar-refractivity contribution in [3.63, 3.8) is 0 Å². The van der Waals surface area contributed by atoms with Gasteiger partial charge >= 0.3 is 63.2 Å². The summed E-state index contributed by atoms with van der Waals surface area (Å²) in [7, 11) is 0. The van der Waals surface area contributed by atoms with Crippen molar-refractivity contribution in [2.24, 2.45) is 0 Å². The number of hydrogen-bond acceptors (Lipinski definition) is 14. The monoisotopic (exact) mass is 2580 g/mol. The number of amides is 2. The van der Waals surface area contributed by atoms with E-state index in [0.717, 1.165) is 165 Å². The predicted molar refractivity (Wildman–Crippen MR) is 562 cm³/mol. The van der Waals surface area contributed by atoms with E-state index in [1.807, 2.05) is 267 Å². The fourth-order valence-electron chi connectivity index (χ4n) is 18.5. The van der Waals surface area contributed by atoms with Gasteiger partial charge in [-0.3, -0.25) is 19.9 Å². The van der Waals surface area contributed by atoms with E-state index in [1.165, 1.54) is 0 Å². The van der Waals surface area contributed by atoms with Crippen LogP contribution in [-0.4, -0.2) is 71.9 Å². The molecule has 2 aliphatic rings. The molecule has 0 saturated carbocycles. The Bertz CT molecular complexity index is 8670. The molecule has 0 spiro atoms. The van der Waals surface area contributed by atoms with Gasteiger partial charge in [0.05, 0.1) is 90.1 Å². The van der Waals surface area contributed by atoms with Gasteiger partial charge in [-0.05, 0) is 128 Å². The van der Waals surface area contributed by atoms with Crippen LogP contribution in [0.2, 0.25) is 0 Å². The molecule has 12 heterocycles. The molecule has 0 atom stereocenters. The summed E-state index contributed by atoms with van der Waals surface area (Å²) in [6.07, 6.45) is 7.28. The molecule has 0 fully saturated rings. The van der Waals surface area contributed by atoms with E-state index in [-0.39, 0.29) is 118 Å². The number of hydrogen-bond donors (Lipinski definition) is 2. The molecule has 14 aromatic carbocycles. The Hall–Kier alpha value is -15.9. The van der Waals surface area contributed by atoms with Gasteiger partial charge in [-0.25, -0.2) is 29.9 Å². The molecule has 0 aliphatic carbocycles. The summed E-state index contributed by atoms with van der Waals surface area (Å²) in [6, 6.07) is 128. The van der Waals surface area contributed by atoms with E-state index in [1.54, 1.807) is 48.8 Å². The third-order valence-corrected chi connectivity index (χ3v) is 26.0. The maximum Gasteiger partial charge on any atom is 2.00 e. The van der Waals surface area contributed by atoms with Gasteiger partial charge in [-0.1, -0.05) is 282 Å². The van der Waals surface area contributed by atoms with Crippen molar-refractivity contribution in [1.29, 1.82) is 0 Å². The van der Waals surface area contributed by atoms with E-state index >= 15 is 0 Å². The summed E-state index contributed by atoms with van der Waals surface area (Å²) < 4.78 is 0. The molecule has 702 valence electrons. The van der Waals surface area contributed by atoms with Crippen LogP contribution in [0.1, 0.15) is 70.9 Å². The standard InChI is InChI=1S/C34H22N2O2.C32H18N4.C30H20N4O2.C26H22N4.4Pt/c37-33-25-11-3-13-27(33)32-18-6-16-30(36-32)24-10-2-8-22(20-24)26-12-4-14-28(34(26)38)31-17-5-15-29(35-31)23-9-1-7-21(25)19-23;1-2-8-24-23(7-1)33-27-9-3-5-19-11-13-21-15-17-25(35-31(21)29(19)27)26-18-16-22-14-12-20-6-4-10-28(34-24)30(20)32(22)36-26;35-29-19-9-1-2-10-20(19)30(36)34-26-14-6-4-12-22(26)24-16-8-18-28(32-24)27-17-7-15-23(31-27)21-11-3-5-13-25(21)33-29;1-25(2)19-9-5-7-17(11-19)22-14-28-16-24(30-22)26(3,4)20-10-6-8-18(12-20)21-13-27-15-23(25)29-21;;;;/h1-20,37-38H;1-18H;1-18H,(H2,31,32,33,34,35,36);5-10,13-16H,1-4H3;;;;/q;-2;;-2;;3*+2/p-2. The molecular formula is C122H80N14O4Pt4. The molecule has 2 amide bonds. The minimum atomic E-state index is -0.523. The van der Waals surface area contributed by atoms with Gasteiger partial charge in [0.25, 0.3) is 0 Å². The van der Waals surface area contributed by atoms with Gasteiger partial charge in [0, 0.05) is 122 Å². The molecule has 0 saturated heterocycles. The number of aromatic nitrogens is 12. The number of fused-ring (bicyclic) bond motifs is 42. The van der Waals surface area contributed by atoms with Crippen molar-refractivity contribution in [2.75, 3.05) is 0 Å². The molecule has 144 heavy (non-hydrogen) atoms. The van der Waals surface area contributed by atoms with Crippen molar-refractivity contribution in [2.45, 2.75) is 38.5 Å². The number of phenols is 2. The Labute approximate surface area is 884 Å². The maximum atomic E-state index is 13.3. The molecule has 26 rings (SSSR count). The third kappa shape index (κ3) is 18.8. The van der Waals surface area contributed by atoms with Crippen LogP contribution in [0.15, 0.2) is 401 Å². The van der Waals surface area contributed by atoms with E-state index in [4.69, 9.17) is 49.8 Å². The number of carbonyl (C=O) groups excluding carboxylic acids is 2. The molecule has 24 aromatic rings. The van der Waals surface area contributed by atoms with Crippen molar-refractivity contribution in [3.05, 3.63) is 457 Å². The molecule has 2 N–H and O–H groups in total. The summed E-state index contributed by atoms with van der Waals surface area (Å²) in [4.78, 5) is 85.7. The second-order valence-corrected chi connectivity index (χ2v) is 35.5. The fourth-order valence-corrected chi connectivity index (χ4v) is 18.5. The molecule has 18 nitrogen and oxygen atoms in total. The average molecular weight is 2590 g/mol. The largest absolute Gasteiger partial charge is 2.00 e. The van der Waals surface area contributed by atoms with Crippen molar-refractivity contribution in [3.8, 4) is 67.9 Å². The van der Waals surface area contributed by atoms with Crippen LogP contribution >= 0.6 is 0 Å². The summed E-state index contributed by atoms with van der Waals surface area (Å²) in [5, 5.41) is 44.3. The zero-order valence-electron chi connectivity index (χ0n) is 77.3. The zero-order valence-corrected chi connectivity index (χ0v) is 86.4. The first kappa shape index (κ1) is 96.9. The molecule has 0 radical (unpaired) electrons. The minimum Gasteiger partial charge on any atom is -0.658 e. The summed E-state index contributed by atoms with van der Waals surface area (Å²) in [5.41, 5.74) is 21.8. The van der Waals surface area contributed by atoms with Crippen molar-refractivity contribution in [1.82, 2.24) is 59.8 Å². The number of rotatable bonds is 0. The van der Waals surface area contributed by atoms with Crippen LogP contribution in [0.3, 0.4) is 0 Å². The zero-order chi connectivity index (χ0) is 94.7. The number of para-hydroxylation sites is 6. The van der Waals surface area contributed by atoms with Crippen LogP contribution in [-0.2, 0) is 95.1 Å². The normalized spacial score (nSPS) is 12.4. The molecule has 10 aromatic heterocycles. The topological polar surface area (TPSA) is 260 Å². The summed E-state index contributed by atoms with van der Waals surface area (Å²) in [6.45, 7) is 8.59. The first-order valence-corrected chi connectivity index (χ1v) is 45.9. The van der Waals surface area contributed by atoms with Gasteiger partial charge < -0.3 is 40.4 Å². The molecule has 28 bridgehead atoms. The molecule has 0 unspecified atom stereocenters. The van der Waals surface area contributed by atoms with E-state index in [2.05, 4.69) is 145 Å². The number of benzene rings is 14. The summed E-state index contributed by atoms with van der Waals surface area (Å²) in [5.74, 6) is -0.674. The number of carbonyl (C=O) groups is 2. The first-order valence-electron chi connectivity index (χ1n) is 45.9. The van der Waals surface area contributed by atoms with E-state index < -0.39 is 11.8 Å². The smallest absolute Gasteiger partial charge is 0.658 e. The maximum absolute atomic E-state index is 13.3. The van der Waals surface area contributed by atoms with Crippen LogP contribution in [0, 0.1) is 12.1 Å². The van der Waals surface area contributed by atoms with Crippen LogP contribution in [0.5, 0.6) is 11.5 Å². The summed E-state index contributed by atoms with van der Waals surface area (Å²) >= 11 is 0. The Balaban J connectivity index is 0.000000121. The number of aromatic hydroxyl groups is 2. The van der Waals surface area contributed by atoms with Crippen LogP contribution < -0.4 is 9.97 Å². The quantitative estimate of drug-likeness (QED) is 0.106. The van der Waals surface area contributed by atoms with Gasteiger partial charge in [0.2, 0.25) is 0 Å². The number of nitrogens with zero attached hydrogens (tertiary/aromatic N) is 14. The van der Waals surface area contributed by atoms with Crippen LogP contribution in [0.4, 0.5) is 11.4 Å². The second-order valence-electron chi connectivity index (χ2n) is 35.5. The van der Waals surface area contributed by atoms with Gasteiger partial charge in [-0.15, -0.1) is 93.2 Å². The minimum absolute atomic E-state index is 0. The number of pyridine rings is 6. The van der Waals surface area contributed by atoms with E-state index in [0.29, 0.717) is 67.1 Å². The molecule has 22 heteroatoms. The van der Waals surface area contributed by atoms with E-state index in [9.17, 15) is 19.8 Å². The Morgan fingerprint density at radius 3 is 1.06 bits per heavy atom. The van der Waals surface area contributed by atoms with Crippen molar-refractivity contribution >= 4 is 165 Å². The number of phenolic OH excluding ortho intramolecular Hbond substituents is 2. The second kappa shape index (κ2) is 41.0. The Morgan fingerprint density at radius 1 is 0.264 bits per heavy atom. The van der Waals surface area contributed by atoms with Crippen LogP contribution in [0.25, 0.3) is 209 Å². The van der Waals surface area contributed by atoms with Gasteiger partial charge in [0.1, 0.15) is 11.5 Å². The Morgan fingerprint density at radius 2 is 0.604 bits per heavy atom. The van der Waals surface area contributed by atoms with Crippen molar-refractivity contribution < 1.29 is 104 Å². The average Bonchev–Trinajstić information content (AvgIpc) is 0.751. The van der Waals surface area contributed by atoms with Gasteiger partial charge in [0.15, 0.2) is 0 Å². The SMILES string of the molecule is CC1(C)c2[c-]c(ccc2)-c2cncc(n2)C(C)(C)c2[c-]c(ccc2)-c2cncc1n2.O=C1[N-]c2ccccc2-c2cccc(n2)-c2cccc(n2)-c2ccccc2[N-]C(=O)c2ccccc21.Oc1c2cccc1c1cccc(n1)c1cccc(c1)c1cccc(c1O)c1cccc(n1)c1cccc2c1.[Pt+2].[Pt+2].[Pt+2].[Pt].c1ccc2[n-]c3cccc4ccc5ccc(nc5c43)c3ccc4ccc5cccc([n-]c2c1)c5c4n3. The predicted octanol–water partition coefficient (Wildman–Crippen LogP) is 28.7. The first-order chi connectivity index (χ1) is 68.5. The van der Waals surface area contributed by atoms with Gasteiger partial charge in [-0.2, -0.15) is 11.0 Å².